The van der Waals surface area contributed by atoms with E-state index in [2.05, 4.69) is 17.1 Å². The fraction of sp³-hybridized carbons (Fsp3) is 1.00. The van der Waals surface area contributed by atoms with E-state index in [1.54, 1.807) is 0 Å². The highest BCUT2D eigenvalue weighted by Gasteiger charge is 2.28. The highest BCUT2D eigenvalue weighted by Crippen LogP contribution is 2.08. The Balaban J connectivity index is 2.36. The van der Waals surface area contributed by atoms with E-state index in [1.165, 1.54) is 0 Å². The number of hydrogen-bond donors (Lipinski definition) is 2. The van der Waals surface area contributed by atoms with E-state index in [0.29, 0.717) is 0 Å². The first kappa shape index (κ1) is 7.98. The van der Waals surface area contributed by atoms with Crippen LogP contribution in [-0.2, 0) is 0 Å². The molecule has 0 bridgehead atoms. The normalized spacial score (nSPS) is 35.1. The number of likely N-dealkylation sites (tertiary alicyclic amines) is 1. The second-order valence-electron chi connectivity index (χ2n) is 2.81. The zero-order valence-electron chi connectivity index (χ0n) is 6.67. The predicted octanol–water partition coefficient (Wildman–Crippen LogP) is -0.729. The first-order valence-electron chi connectivity index (χ1n) is 3.85. The molecule has 1 saturated heterocycles. The van der Waals surface area contributed by atoms with Gasteiger partial charge in [0.1, 0.15) is 0 Å². The van der Waals surface area contributed by atoms with Crippen LogP contribution in [0.1, 0.15) is 6.92 Å². The van der Waals surface area contributed by atoms with Crippen LogP contribution >= 0.6 is 0 Å². The van der Waals surface area contributed by atoms with Gasteiger partial charge in [0, 0.05) is 19.1 Å². The van der Waals surface area contributed by atoms with Crippen LogP contribution in [0.2, 0.25) is 0 Å². The number of likely N-dealkylation sites (N-methyl/N-ethyl adjacent to an activating group) is 2. The van der Waals surface area contributed by atoms with Gasteiger partial charge < -0.3 is 10.4 Å². The Labute approximate surface area is 62.0 Å². The Kier molecular flexibility index (Phi) is 2.65. The first-order chi connectivity index (χ1) is 4.77. The lowest BCUT2D eigenvalue weighted by Gasteiger charge is -2.11. The summed E-state index contributed by atoms with van der Waals surface area (Å²) in [5.41, 5.74) is 0. The van der Waals surface area contributed by atoms with Gasteiger partial charge in [-0.25, -0.2) is 0 Å². The van der Waals surface area contributed by atoms with Crippen molar-refractivity contribution in [2.75, 3.05) is 26.7 Å². The van der Waals surface area contributed by atoms with Gasteiger partial charge in [-0.05, 0) is 13.6 Å². The molecule has 0 saturated carbocycles. The monoisotopic (exact) mass is 144 g/mol. The molecule has 3 nitrogen and oxygen atoms in total. The molecule has 1 rings (SSSR count). The summed E-state index contributed by atoms with van der Waals surface area (Å²) in [5, 5.41) is 12.5. The van der Waals surface area contributed by atoms with Gasteiger partial charge in [0.05, 0.1) is 6.10 Å². The van der Waals surface area contributed by atoms with Crippen LogP contribution in [-0.4, -0.2) is 48.8 Å². The number of rotatable bonds is 2. The van der Waals surface area contributed by atoms with E-state index < -0.39 is 0 Å². The molecule has 2 N–H and O–H groups in total. The molecule has 3 heteroatoms. The summed E-state index contributed by atoms with van der Waals surface area (Å²) >= 11 is 0. The zero-order valence-corrected chi connectivity index (χ0v) is 6.67. The van der Waals surface area contributed by atoms with Gasteiger partial charge in [0.25, 0.3) is 0 Å². The minimum Gasteiger partial charge on any atom is -0.390 e. The molecule has 0 aromatic carbocycles. The first-order valence-corrected chi connectivity index (χ1v) is 3.85. The molecule has 2 atom stereocenters. The quantitative estimate of drug-likeness (QED) is 0.536. The van der Waals surface area contributed by atoms with E-state index in [9.17, 15) is 5.11 Å². The Morgan fingerprint density at radius 3 is 2.60 bits per heavy atom. The molecular weight excluding hydrogens is 128 g/mol. The summed E-state index contributed by atoms with van der Waals surface area (Å²) in [6, 6.07) is 0.278. The van der Waals surface area contributed by atoms with Crippen molar-refractivity contribution in [3.05, 3.63) is 0 Å². The second kappa shape index (κ2) is 3.32. The third-order valence-corrected chi connectivity index (χ3v) is 2.18. The standard InChI is InChI=1S/C7H16N2O/c1-3-9-4-6(8-2)7(10)5-9/h6-8,10H,3-5H2,1-2H3/t6-,7-/m0/s1. The average Bonchev–Trinajstić information content (AvgIpc) is 2.30. The molecule has 0 aliphatic carbocycles. The molecule has 1 aliphatic rings. The maximum atomic E-state index is 9.39. The van der Waals surface area contributed by atoms with Gasteiger partial charge >= 0.3 is 0 Å². The van der Waals surface area contributed by atoms with Gasteiger partial charge in [-0.3, -0.25) is 4.90 Å². The van der Waals surface area contributed by atoms with Crippen molar-refractivity contribution < 1.29 is 5.11 Å². The van der Waals surface area contributed by atoms with Crippen molar-refractivity contribution in [2.24, 2.45) is 0 Å². The summed E-state index contributed by atoms with van der Waals surface area (Å²) in [6.07, 6.45) is -0.176. The van der Waals surface area contributed by atoms with Crippen LogP contribution in [0.15, 0.2) is 0 Å². The Morgan fingerprint density at radius 1 is 1.60 bits per heavy atom. The lowest BCUT2D eigenvalue weighted by Crippen LogP contribution is -2.36. The Bertz CT molecular complexity index is 108. The summed E-state index contributed by atoms with van der Waals surface area (Å²) in [7, 11) is 1.90. The molecule has 0 amide bonds. The number of nitrogens with zero attached hydrogens (tertiary/aromatic N) is 1. The number of nitrogens with one attached hydrogen (secondary N) is 1. The maximum Gasteiger partial charge on any atom is 0.0832 e. The van der Waals surface area contributed by atoms with E-state index in [4.69, 9.17) is 0 Å². The van der Waals surface area contributed by atoms with Crippen molar-refractivity contribution in [1.29, 1.82) is 0 Å². The largest absolute Gasteiger partial charge is 0.390 e. The lowest BCUT2D eigenvalue weighted by atomic mass is 10.2. The molecule has 0 radical (unpaired) electrons. The van der Waals surface area contributed by atoms with Crippen molar-refractivity contribution in [1.82, 2.24) is 10.2 Å². The van der Waals surface area contributed by atoms with E-state index in [1.807, 2.05) is 7.05 Å². The van der Waals surface area contributed by atoms with E-state index >= 15 is 0 Å². The lowest BCUT2D eigenvalue weighted by molar-refractivity contribution is 0.157. The van der Waals surface area contributed by atoms with Crippen LogP contribution in [0.4, 0.5) is 0 Å². The molecule has 0 unspecified atom stereocenters. The molecule has 0 aromatic heterocycles. The van der Waals surface area contributed by atoms with E-state index in [-0.39, 0.29) is 12.1 Å². The zero-order chi connectivity index (χ0) is 7.56. The van der Waals surface area contributed by atoms with Crippen molar-refractivity contribution in [3.63, 3.8) is 0 Å². The van der Waals surface area contributed by atoms with Crippen molar-refractivity contribution in [3.8, 4) is 0 Å². The summed E-state index contributed by atoms with van der Waals surface area (Å²) < 4.78 is 0. The number of β-amino-alcohol motifs (C(OH)–C–C–N with tert-alkyl or cyclic N) is 1. The summed E-state index contributed by atoms with van der Waals surface area (Å²) in [4.78, 5) is 2.24. The number of aliphatic hydroxyl groups excluding tert-OH is 1. The fourth-order valence-electron chi connectivity index (χ4n) is 1.41. The fourth-order valence-corrected chi connectivity index (χ4v) is 1.41. The maximum absolute atomic E-state index is 9.39. The predicted molar refractivity (Wildman–Crippen MR) is 41.0 cm³/mol. The average molecular weight is 144 g/mol. The third kappa shape index (κ3) is 1.48. The van der Waals surface area contributed by atoms with Crippen molar-refractivity contribution >= 4 is 0 Å². The topological polar surface area (TPSA) is 35.5 Å². The Hall–Kier alpha value is -0.120. The highest BCUT2D eigenvalue weighted by molar-refractivity contribution is 4.87. The van der Waals surface area contributed by atoms with Gasteiger partial charge in [0.2, 0.25) is 0 Å². The van der Waals surface area contributed by atoms with Crippen LogP contribution in [0.3, 0.4) is 0 Å². The van der Waals surface area contributed by atoms with Crippen molar-refractivity contribution in [2.45, 2.75) is 19.1 Å². The Morgan fingerprint density at radius 2 is 2.30 bits per heavy atom. The van der Waals surface area contributed by atoms with Gasteiger partial charge in [-0.15, -0.1) is 0 Å². The van der Waals surface area contributed by atoms with Crippen LogP contribution in [0, 0.1) is 0 Å². The smallest absolute Gasteiger partial charge is 0.0832 e. The van der Waals surface area contributed by atoms with Crippen LogP contribution in [0.25, 0.3) is 0 Å². The third-order valence-electron chi connectivity index (χ3n) is 2.18. The molecule has 0 spiro atoms. The molecule has 1 aliphatic heterocycles. The molecule has 1 fully saturated rings. The SMILES string of the molecule is CCN1C[C@H](NC)[C@@H](O)C1. The molecule has 10 heavy (non-hydrogen) atoms. The summed E-state index contributed by atoms with van der Waals surface area (Å²) in [5.74, 6) is 0. The van der Waals surface area contributed by atoms with Gasteiger partial charge in [-0.1, -0.05) is 6.92 Å². The van der Waals surface area contributed by atoms with E-state index in [0.717, 1.165) is 19.6 Å². The molecule has 0 aromatic rings. The number of aliphatic hydroxyl groups is 1. The molecule has 60 valence electrons. The second-order valence-corrected chi connectivity index (χ2v) is 2.81. The number of hydrogen-bond acceptors (Lipinski definition) is 3. The highest BCUT2D eigenvalue weighted by atomic mass is 16.3. The van der Waals surface area contributed by atoms with Gasteiger partial charge in [-0.2, -0.15) is 0 Å². The van der Waals surface area contributed by atoms with Gasteiger partial charge in [0.15, 0.2) is 0 Å². The minimum absolute atomic E-state index is 0.176. The van der Waals surface area contributed by atoms with Crippen LogP contribution in [0.5, 0.6) is 0 Å². The minimum atomic E-state index is -0.176. The summed E-state index contributed by atoms with van der Waals surface area (Å²) in [6.45, 7) is 4.95. The molecule has 1 heterocycles. The molecular formula is C7H16N2O. The van der Waals surface area contributed by atoms with Crippen LogP contribution < -0.4 is 5.32 Å².